The summed E-state index contributed by atoms with van der Waals surface area (Å²) in [4.78, 5) is 0.832. The Labute approximate surface area is 91.8 Å². The van der Waals surface area contributed by atoms with Crippen molar-refractivity contribution in [3.63, 3.8) is 0 Å². The van der Waals surface area contributed by atoms with Crippen molar-refractivity contribution in [3.8, 4) is 5.75 Å². The lowest BCUT2D eigenvalue weighted by atomic mass is 10.3. The molecule has 0 fully saturated rings. The van der Waals surface area contributed by atoms with Gasteiger partial charge in [-0.15, -0.1) is 11.8 Å². The Morgan fingerprint density at radius 3 is 2.50 bits per heavy atom. The van der Waals surface area contributed by atoms with Gasteiger partial charge in [-0.25, -0.2) is 8.42 Å². The van der Waals surface area contributed by atoms with Crippen LogP contribution in [0.1, 0.15) is 0 Å². The number of thioether (sulfide) groups is 1. The van der Waals surface area contributed by atoms with Crippen LogP contribution in [0.3, 0.4) is 0 Å². The van der Waals surface area contributed by atoms with E-state index >= 15 is 0 Å². The highest BCUT2D eigenvalue weighted by atomic mass is 35.7. The van der Waals surface area contributed by atoms with Crippen LogP contribution in [0.15, 0.2) is 28.0 Å². The molecule has 0 amide bonds. The molecule has 0 atom stereocenters. The third-order valence-electron chi connectivity index (χ3n) is 1.63. The van der Waals surface area contributed by atoms with E-state index in [0.717, 1.165) is 4.90 Å². The van der Waals surface area contributed by atoms with Gasteiger partial charge in [-0.05, 0) is 24.5 Å². The van der Waals surface area contributed by atoms with Crippen molar-refractivity contribution in [3.05, 3.63) is 18.2 Å². The lowest BCUT2D eigenvalue weighted by Gasteiger charge is -2.06. The van der Waals surface area contributed by atoms with E-state index < -0.39 is 9.05 Å². The zero-order valence-electron chi connectivity index (χ0n) is 7.65. The van der Waals surface area contributed by atoms with Gasteiger partial charge < -0.3 is 4.74 Å². The van der Waals surface area contributed by atoms with Crippen LogP contribution in [-0.2, 0) is 9.05 Å². The summed E-state index contributed by atoms with van der Waals surface area (Å²) in [5.41, 5.74) is 0. The van der Waals surface area contributed by atoms with E-state index in [-0.39, 0.29) is 10.6 Å². The second kappa shape index (κ2) is 4.42. The van der Waals surface area contributed by atoms with Crippen molar-refractivity contribution in [2.24, 2.45) is 0 Å². The summed E-state index contributed by atoms with van der Waals surface area (Å²) >= 11 is 1.44. The van der Waals surface area contributed by atoms with Crippen molar-refractivity contribution < 1.29 is 13.2 Å². The van der Waals surface area contributed by atoms with Crippen LogP contribution < -0.4 is 4.74 Å². The monoisotopic (exact) mass is 252 g/mol. The average molecular weight is 253 g/mol. The van der Waals surface area contributed by atoms with Gasteiger partial charge in [0.1, 0.15) is 10.6 Å². The quantitative estimate of drug-likeness (QED) is 0.612. The maximum Gasteiger partial charge on any atom is 0.265 e. The second-order valence-electron chi connectivity index (χ2n) is 2.45. The molecule has 0 bridgehead atoms. The van der Waals surface area contributed by atoms with Gasteiger partial charge in [-0.3, -0.25) is 0 Å². The summed E-state index contributed by atoms with van der Waals surface area (Å²) in [6.07, 6.45) is 1.85. The van der Waals surface area contributed by atoms with Crippen molar-refractivity contribution in [2.75, 3.05) is 13.4 Å². The highest BCUT2D eigenvalue weighted by Crippen LogP contribution is 2.30. The highest BCUT2D eigenvalue weighted by Gasteiger charge is 2.16. The molecule has 0 aromatic heterocycles. The molecule has 14 heavy (non-hydrogen) atoms. The molecule has 3 nitrogen and oxygen atoms in total. The molecule has 0 unspecified atom stereocenters. The standard InChI is InChI=1S/C8H9ClO3S2/c1-12-7-4-3-6(13-2)5-8(7)14(9,10)11/h3-5H,1-2H3. The fourth-order valence-electron chi connectivity index (χ4n) is 0.975. The number of benzene rings is 1. The second-order valence-corrected chi connectivity index (χ2v) is 5.87. The first kappa shape index (κ1) is 11.7. The number of ether oxygens (including phenoxy) is 1. The molecule has 0 saturated heterocycles. The largest absolute Gasteiger partial charge is 0.495 e. The summed E-state index contributed by atoms with van der Waals surface area (Å²) in [7, 11) is 2.91. The average Bonchev–Trinajstić information content (AvgIpc) is 2.15. The lowest BCUT2D eigenvalue weighted by molar-refractivity contribution is 0.402. The van der Waals surface area contributed by atoms with E-state index in [9.17, 15) is 8.42 Å². The van der Waals surface area contributed by atoms with Crippen LogP contribution in [0, 0.1) is 0 Å². The maximum absolute atomic E-state index is 11.2. The van der Waals surface area contributed by atoms with E-state index in [1.54, 1.807) is 12.1 Å². The minimum absolute atomic E-state index is 0.00789. The first-order chi connectivity index (χ1) is 6.49. The van der Waals surface area contributed by atoms with E-state index in [0.29, 0.717) is 0 Å². The van der Waals surface area contributed by atoms with E-state index in [1.165, 1.54) is 24.9 Å². The molecule has 0 radical (unpaired) electrons. The minimum atomic E-state index is -3.74. The molecule has 0 heterocycles. The van der Waals surface area contributed by atoms with Crippen LogP contribution in [0.4, 0.5) is 0 Å². The fraction of sp³-hybridized carbons (Fsp3) is 0.250. The van der Waals surface area contributed by atoms with Gasteiger partial charge in [0.15, 0.2) is 0 Å². The minimum Gasteiger partial charge on any atom is -0.495 e. The van der Waals surface area contributed by atoms with Crippen LogP contribution in [-0.4, -0.2) is 21.8 Å². The highest BCUT2D eigenvalue weighted by molar-refractivity contribution is 8.13. The molecular weight excluding hydrogens is 244 g/mol. The molecule has 1 aromatic rings. The molecule has 0 aliphatic carbocycles. The molecule has 6 heteroatoms. The normalized spacial score (nSPS) is 11.4. The van der Waals surface area contributed by atoms with E-state index in [1.807, 2.05) is 6.26 Å². The SMILES string of the molecule is COc1ccc(SC)cc1S(=O)(=O)Cl. The summed E-state index contributed by atoms with van der Waals surface area (Å²) in [5.74, 6) is 0.262. The Morgan fingerprint density at radius 1 is 1.43 bits per heavy atom. The zero-order valence-corrected chi connectivity index (χ0v) is 10.0. The Morgan fingerprint density at radius 2 is 2.07 bits per heavy atom. The van der Waals surface area contributed by atoms with E-state index in [2.05, 4.69) is 0 Å². The molecule has 0 aliphatic rings. The third kappa shape index (κ3) is 2.56. The molecule has 78 valence electrons. The van der Waals surface area contributed by atoms with Gasteiger partial charge >= 0.3 is 0 Å². The number of hydrogen-bond acceptors (Lipinski definition) is 4. The molecular formula is C8H9ClO3S2. The van der Waals surface area contributed by atoms with Gasteiger partial charge in [0.05, 0.1) is 7.11 Å². The van der Waals surface area contributed by atoms with Gasteiger partial charge in [0.25, 0.3) is 9.05 Å². The molecule has 0 aliphatic heterocycles. The maximum atomic E-state index is 11.2. The van der Waals surface area contributed by atoms with Crippen molar-refractivity contribution in [2.45, 2.75) is 9.79 Å². The third-order valence-corrected chi connectivity index (χ3v) is 3.70. The zero-order chi connectivity index (χ0) is 10.8. The molecule has 1 aromatic carbocycles. The number of hydrogen-bond donors (Lipinski definition) is 0. The summed E-state index contributed by atoms with van der Waals surface area (Å²) in [5, 5.41) is 0. The predicted molar refractivity (Wildman–Crippen MR) is 57.8 cm³/mol. The van der Waals surface area contributed by atoms with Crippen LogP contribution in [0.5, 0.6) is 5.75 Å². The first-order valence-electron chi connectivity index (χ1n) is 3.65. The van der Waals surface area contributed by atoms with Crippen molar-refractivity contribution in [1.82, 2.24) is 0 Å². The fourth-order valence-corrected chi connectivity index (χ4v) is 2.51. The Hall–Kier alpha value is -0.390. The van der Waals surface area contributed by atoms with E-state index in [4.69, 9.17) is 15.4 Å². The Kier molecular flexibility index (Phi) is 3.69. The first-order valence-corrected chi connectivity index (χ1v) is 7.19. The molecule has 0 N–H and O–H groups in total. The summed E-state index contributed by atoms with van der Waals surface area (Å²) in [6, 6.07) is 4.85. The number of rotatable bonds is 3. The molecule has 0 spiro atoms. The van der Waals surface area contributed by atoms with Gasteiger partial charge in [-0.2, -0.15) is 0 Å². The summed E-state index contributed by atoms with van der Waals surface area (Å²) < 4.78 is 27.2. The Balaban J connectivity index is 3.37. The van der Waals surface area contributed by atoms with Crippen molar-refractivity contribution >= 4 is 31.5 Å². The number of methoxy groups -OCH3 is 1. The summed E-state index contributed by atoms with van der Waals surface area (Å²) in [6.45, 7) is 0. The van der Waals surface area contributed by atoms with Crippen LogP contribution in [0.25, 0.3) is 0 Å². The van der Waals surface area contributed by atoms with Gasteiger partial charge in [0.2, 0.25) is 0 Å². The predicted octanol–water partition coefficient (Wildman–Crippen LogP) is 2.34. The topological polar surface area (TPSA) is 43.4 Å². The number of halogens is 1. The van der Waals surface area contributed by atoms with Crippen LogP contribution >= 0.6 is 22.4 Å². The van der Waals surface area contributed by atoms with Crippen LogP contribution in [0.2, 0.25) is 0 Å². The molecule has 0 saturated carbocycles. The Bertz CT molecular complexity index is 428. The van der Waals surface area contributed by atoms with Gasteiger partial charge in [0, 0.05) is 15.6 Å². The lowest BCUT2D eigenvalue weighted by Crippen LogP contribution is -1.96. The molecule has 1 rings (SSSR count). The van der Waals surface area contributed by atoms with Gasteiger partial charge in [-0.1, -0.05) is 0 Å². The smallest absolute Gasteiger partial charge is 0.265 e. The van der Waals surface area contributed by atoms with Crippen molar-refractivity contribution in [1.29, 1.82) is 0 Å².